The largest absolute Gasteiger partial charge is 0.379 e. The summed E-state index contributed by atoms with van der Waals surface area (Å²) in [5, 5.41) is 7.40. The van der Waals surface area contributed by atoms with Gasteiger partial charge in [0, 0.05) is 33.2 Å². The Morgan fingerprint density at radius 2 is 2.08 bits per heavy atom. The van der Waals surface area contributed by atoms with E-state index in [1.54, 1.807) is 0 Å². The van der Waals surface area contributed by atoms with E-state index in [4.69, 9.17) is 10.1 Å². The standard InChI is InChI=1S/C9H19N3O/c1-9(10)11(2)3-4-12-5-7-13-8-6-12/h10H,3-8H2,1-2H3. The van der Waals surface area contributed by atoms with Crippen molar-refractivity contribution < 1.29 is 4.74 Å². The number of morpholine rings is 1. The summed E-state index contributed by atoms with van der Waals surface area (Å²) >= 11 is 0. The predicted octanol–water partition coefficient (Wildman–Crippen LogP) is 0.248. The fourth-order valence-electron chi connectivity index (χ4n) is 1.28. The number of nitrogens with one attached hydrogen (secondary N) is 1. The van der Waals surface area contributed by atoms with Crippen molar-refractivity contribution in [1.82, 2.24) is 9.80 Å². The van der Waals surface area contributed by atoms with Crippen LogP contribution in [0.15, 0.2) is 0 Å². The van der Waals surface area contributed by atoms with Gasteiger partial charge in [-0.05, 0) is 6.92 Å². The third kappa shape index (κ3) is 3.74. The second-order valence-electron chi connectivity index (χ2n) is 3.46. The first kappa shape index (κ1) is 10.5. The van der Waals surface area contributed by atoms with Crippen molar-refractivity contribution in [3.05, 3.63) is 0 Å². The molecule has 0 amide bonds. The molecular weight excluding hydrogens is 166 g/mol. The monoisotopic (exact) mass is 185 g/mol. The molecule has 1 rings (SSSR count). The maximum Gasteiger partial charge on any atom is 0.0923 e. The van der Waals surface area contributed by atoms with Crippen molar-refractivity contribution in [2.24, 2.45) is 0 Å². The molecule has 1 N–H and O–H groups in total. The van der Waals surface area contributed by atoms with E-state index in [1.165, 1.54) is 0 Å². The fourth-order valence-corrected chi connectivity index (χ4v) is 1.28. The lowest BCUT2D eigenvalue weighted by Crippen LogP contribution is -2.41. The summed E-state index contributed by atoms with van der Waals surface area (Å²) in [6.45, 7) is 7.57. The molecule has 4 nitrogen and oxygen atoms in total. The van der Waals surface area contributed by atoms with Gasteiger partial charge in [-0.25, -0.2) is 0 Å². The Labute approximate surface area is 80.0 Å². The molecule has 0 spiro atoms. The normalized spacial score (nSPS) is 18.6. The lowest BCUT2D eigenvalue weighted by atomic mass is 10.4. The summed E-state index contributed by atoms with van der Waals surface area (Å²) in [5.74, 6) is 0.633. The highest BCUT2D eigenvalue weighted by Gasteiger charge is 2.10. The minimum Gasteiger partial charge on any atom is -0.379 e. The minimum absolute atomic E-state index is 0.633. The molecule has 76 valence electrons. The van der Waals surface area contributed by atoms with Crippen molar-refractivity contribution >= 4 is 5.84 Å². The Bertz CT molecular complexity index is 166. The highest BCUT2D eigenvalue weighted by atomic mass is 16.5. The summed E-state index contributed by atoms with van der Waals surface area (Å²) in [4.78, 5) is 4.35. The summed E-state index contributed by atoms with van der Waals surface area (Å²) in [6.07, 6.45) is 0. The van der Waals surface area contributed by atoms with Crippen LogP contribution >= 0.6 is 0 Å². The lowest BCUT2D eigenvalue weighted by Gasteiger charge is -2.28. The highest BCUT2D eigenvalue weighted by molar-refractivity contribution is 5.75. The Morgan fingerprint density at radius 3 is 2.62 bits per heavy atom. The Morgan fingerprint density at radius 1 is 1.46 bits per heavy atom. The molecule has 13 heavy (non-hydrogen) atoms. The molecule has 1 aliphatic heterocycles. The van der Waals surface area contributed by atoms with E-state index in [1.807, 2.05) is 18.9 Å². The highest BCUT2D eigenvalue weighted by Crippen LogP contribution is 1.96. The van der Waals surface area contributed by atoms with Crippen molar-refractivity contribution in [2.45, 2.75) is 6.92 Å². The molecule has 4 heteroatoms. The topological polar surface area (TPSA) is 39.6 Å². The molecule has 0 radical (unpaired) electrons. The van der Waals surface area contributed by atoms with Gasteiger partial charge < -0.3 is 9.64 Å². The van der Waals surface area contributed by atoms with Crippen molar-refractivity contribution in [3.8, 4) is 0 Å². The number of likely N-dealkylation sites (N-methyl/N-ethyl adjacent to an activating group) is 1. The molecule has 0 aromatic heterocycles. The van der Waals surface area contributed by atoms with Gasteiger partial charge in [0.25, 0.3) is 0 Å². The summed E-state index contributed by atoms with van der Waals surface area (Å²) in [7, 11) is 1.96. The molecule has 0 saturated carbocycles. The van der Waals surface area contributed by atoms with Crippen LogP contribution in [0.3, 0.4) is 0 Å². The zero-order valence-electron chi connectivity index (χ0n) is 8.55. The SMILES string of the molecule is CC(=N)N(C)CCN1CCOCC1. The van der Waals surface area contributed by atoms with Gasteiger partial charge in [-0.1, -0.05) is 0 Å². The third-order valence-corrected chi connectivity index (χ3v) is 2.43. The molecule has 0 atom stereocenters. The maximum absolute atomic E-state index is 7.40. The number of hydrogen-bond donors (Lipinski definition) is 1. The van der Waals surface area contributed by atoms with Crippen LogP contribution in [0.5, 0.6) is 0 Å². The second kappa shape index (κ2) is 5.19. The van der Waals surface area contributed by atoms with Gasteiger partial charge in [-0.15, -0.1) is 0 Å². The van der Waals surface area contributed by atoms with Crippen LogP contribution in [0.4, 0.5) is 0 Å². The van der Waals surface area contributed by atoms with E-state index in [2.05, 4.69) is 4.90 Å². The van der Waals surface area contributed by atoms with Gasteiger partial charge in [-0.3, -0.25) is 10.3 Å². The first-order valence-corrected chi connectivity index (χ1v) is 4.76. The first-order chi connectivity index (χ1) is 6.20. The van der Waals surface area contributed by atoms with Crippen LogP contribution in [0, 0.1) is 5.41 Å². The van der Waals surface area contributed by atoms with Crippen LogP contribution < -0.4 is 0 Å². The van der Waals surface area contributed by atoms with Gasteiger partial charge in [0.2, 0.25) is 0 Å². The molecule has 1 aliphatic rings. The summed E-state index contributed by atoms with van der Waals surface area (Å²) in [5.41, 5.74) is 0. The Hall–Kier alpha value is -0.610. The van der Waals surface area contributed by atoms with Crippen LogP contribution in [0.25, 0.3) is 0 Å². The number of ether oxygens (including phenoxy) is 1. The predicted molar refractivity (Wildman–Crippen MR) is 53.3 cm³/mol. The van der Waals surface area contributed by atoms with E-state index < -0.39 is 0 Å². The van der Waals surface area contributed by atoms with Crippen molar-refractivity contribution in [1.29, 1.82) is 5.41 Å². The first-order valence-electron chi connectivity index (χ1n) is 4.76. The minimum atomic E-state index is 0.633. The van der Waals surface area contributed by atoms with Crippen molar-refractivity contribution in [2.75, 3.05) is 46.4 Å². The molecule has 0 aromatic carbocycles. The molecule has 0 aliphatic carbocycles. The van der Waals surface area contributed by atoms with Gasteiger partial charge >= 0.3 is 0 Å². The number of nitrogens with zero attached hydrogens (tertiary/aromatic N) is 2. The lowest BCUT2D eigenvalue weighted by molar-refractivity contribution is 0.0365. The molecule has 1 fully saturated rings. The van der Waals surface area contributed by atoms with Gasteiger partial charge in [0.15, 0.2) is 0 Å². The van der Waals surface area contributed by atoms with Crippen LogP contribution in [-0.4, -0.2) is 62.1 Å². The number of hydrogen-bond acceptors (Lipinski definition) is 3. The van der Waals surface area contributed by atoms with Crippen molar-refractivity contribution in [3.63, 3.8) is 0 Å². The average molecular weight is 185 g/mol. The Kier molecular flexibility index (Phi) is 4.18. The summed E-state index contributed by atoms with van der Waals surface area (Å²) in [6, 6.07) is 0. The van der Waals surface area contributed by atoms with E-state index in [0.29, 0.717) is 5.84 Å². The molecular formula is C9H19N3O. The fraction of sp³-hybridized carbons (Fsp3) is 0.889. The summed E-state index contributed by atoms with van der Waals surface area (Å²) < 4.78 is 5.26. The second-order valence-corrected chi connectivity index (χ2v) is 3.46. The zero-order valence-corrected chi connectivity index (χ0v) is 8.55. The van der Waals surface area contributed by atoms with Crippen LogP contribution in [0.2, 0.25) is 0 Å². The molecule has 1 heterocycles. The maximum atomic E-state index is 7.40. The molecule has 0 bridgehead atoms. The van der Waals surface area contributed by atoms with Crippen LogP contribution in [0.1, 0.15) is 6.92 Å². The smallest absolute Gasteiger partial charge is 0.0923 e. The van der Waals surface area contributed by atoms with Gasteiger partial charge in [0.05, 0.1) is 19.0 Å². The zero-order chi connectivity index (χ0) is 9.68. The molecule has 0 unspecified atom stereocenters. The average Bonchev–Trinajstić information content (AvgIpc) is 2.15. The van der Waals surface area contributed by atoms with E-state index in [0.717, 1.165) is 39.4 Å². The van der Waals surface area contributed by atoms with Gasteiger partial charge in [-0.2, -0.15) is 0 Å². The van der Waals surface area contributed by atoms with E-state index in [9.17, 15) is 0 Å². The molecule has 1 saturated heterocycles. The quantitative estimate of drug-likeness (QED) is 0.506. The molecule has 0 aromatic rings. The van der Waals surface area contributed by atoms with E-state index >= 15 is 0 Å². The van der Waals surface area contributed by atoms with Crippen LogP contribution in [-0.2, 0) is 4.74 Å². The number of rotatable bonds is 3. The number of amidine groups is 1. The van der Waals surface area contributed by atoms with Gasteiger partial charge in [0.1, 0.15) is 0 Å². The Balaban J connectivity index is 2.13. The third-order valence-electron chi connectivity index (χ3n) is 2.43. The van der Waals surface area contributed by atoms with E-state index in [-0.39, 0.29) is 0 Å².